The number of fused-ring (bicyclic) bond motifs is 3. The molecule has 0 unspecified atom stereocenters. The Morgan fingerprint density at radius 2 is 2.12 bits per heavy atom. The lowest BCUT2D eigenvalue weighted by atomic mass is 9.76. The van der Waals surface area contributed by atoms with Gasteiger partial charge in [-0.25, -0.2) is 4.79 Å². The zero-order valence-electron chi connectivity index (χ0n) is 14.3. The van der Waals surface area contributed by atoms with Crippen LogP contribution in [0.4, 0.5) is 5.69 Å². The molecule has 2 N–H and O–H groups in total. The Morgan fingerprint density at radius 3 is 2.88 bits per heavy atom. The minimum absolute atomic E-state index is 0.130. The lowest BCUT2D eigenvalue weighted by molar-refractivity contribution is 0.0696. The number of rotatable bonds is 3. The molecule has 25 heavy (non-hydrogen) atoms. The molecule has 0 aromatic heterocycles. The van der Waals surface area contributed by atoms with Crippen LogP contribution in [0.5, 0.6) is 5.75 Å². The number of hydrogen-bond acceptors (Lipinski definition) is 3. The maximum absolute atomic E-state index is 11.5. The molecule has 0 radical (unpaired) electrons. The highest BCUT2D eigenvalue weighted by molar-refractivity contribution is 5.92. The van der Waals surface area contributed by atoms with Gasteiger partial charge in [-0.15, -0.1) is 0 Å². The van der Waals surface area contributed by atoms with Gasteiger partial charge < -0.3 is 15.2 Å². The molecular weight excluding hydrogens is 314 g/mol. The molecule has 0 saturated heterocycles. The third-order valence-electron chi connectivity index (χ3n) is 5.48. The van der Waals surface area contributed by atoms with Gasteiger partial charge in [-0.1, -0.05) is 30.4 Å². The van der Waals surface area contributed by atoms with Crippen molar-refractivity contribution in [1.29, 1.82) is 0 Å². The first-order valence-corrected chi connectivity index (χ1v) is 8.54. The zero-order valence-corrected chi connectivity index (χ0v) is 14.3. The highest BCUT2D eigenvalue weighted by atomic mass is 16.5. The molecule has 0 amide bonds. The summed E-state index contributed by atoms with van der Waals surface area (Å²) >= 11 is 0. The van der Waals surface area contributed by atoms with Crippen LogP contribution < -0.4 is 10.1 Å². The molecule has 4 rings (SSSR count). The number of ether oxygens (including phenoxy) is 1. The molecule has 128 valence electrons. The van der Waals surface area contributed by atoms with Crippen LogP contribution >= 0.6 is 0 Å². The quantitative estimate of drug-likeness (QED) is 0.809. The first-order valence-electron chi connectivity index (χ1n) is 8.54. The average molecular weight is 335 g/mol. The molecule has 2 aliphatic rings. The summed E-state index contributed by atoms with van der Waals surface area (Å²) in [7, 11) is 1.67. The second kappa shape index (κ2) is 5.96. The van der Waals surface area contributed by atoms with Gasteiger partial charge >= 0.3 is 5.97 Å². The lowest BCUT2D eigenvalue weighted by Crippen LogP contribution is -2.30. The van der Waals surface area contributed by atoms with Gasteiger partial charge in [-0.2, -0.15) is 0 Å². The topological polar surface area (TPSA) is 58.6 Å². The fourth-order valence-electron chi connectivity index (χ4n) is 4.21. The van der Waals surface area contributed by atoms with Crippen molar-refractivity contribution in [3.63, 3.8) is 0 Å². The standard InChI is InChI=1S/C21H21NO3/c1-12-15(21(23)24)9-10-18-16-7-4-8-17(16)20(22-19(12)18)13-5-3-6-14(11-13)25-2/h3-7,9-11,16-17,20,22H,8H2,1-2H3,(H,23,24)/t16-,17+,20-/m0/s1. The van der Waals surface area contributed by atoms with Crippen molar-refractivity contribution in [2.24, 2.45) is 5.92 Å². The van der Waals surface area contributed by atoms with E-state index in [1.807, 2.05) is 25.1 Å². The Balaban J connectivity index is 1.83. The summed E-state index contributed by atoms with van der Waals surface area (Å²) in [5.41, 5.74) is 4.48. The molecule has 4 heteroatoms. The van der Waals surface area contributed by atoms with Crippen molar-refractivity contribution in [3.8, 4) is 5.75 Å². The number of nitrogens with one attached hydrogen (secondary N) is 1. The summed E-state index contributed by atoms with van der Waals surface area (Å²) in [6, 6.07) is 11.9. The fourth-order valence-corrected chi connectivity index (χ4v) is 4.21. The van der Waals surface area contributed by atoms with E-state index in [0.29, 0.717) is 17.4 Å². The second-order valence-electron chi connectivity index (χ2n) is 6.76. The normalized spacial score (nSPS) is 23.5. The minimum atomic E-state index is -0.885. The predicted octanol–water partition coefficient (Wildman–Crippen LogP) is 4.53. The largest absolute Gasteiger partial charge is 0.497 e. The van der Waals surface area contributed by atoms with Crippen LogP contribution in [0.3, 0.4) is 0 Å². The predicted molar refractivity (Wildman–Crippen MR) is 97.5 cm³/mol. The third-order valence-corrected chi connectivity index (χ3v) is 5.48. The molecule has 4 nitrogen and oxygen atoms in total. The second-order valence-corrected chi connectivity index (χ2v) is 6.76. The van der Waals surface area contributed by atoms with Crippen molar-refractivity contribution >= 4 is 11.7 Å². The Bertz CT molecular complexity index is 871. The van der Waals surface area contributed by atoms with E-state index in [1.54, 1.807) is 13.2 Å². The average Bonchev–Trinajstić information content (AvgIpc) is 3.11. The molecule has 2 aromatic carbocycles. The summed E-state index contributed by atoms with van der Waals surface area (Å²) in [4.78, 5) is 11.5. The van der Waals surface area contributed by atoms with Crippen molar-refractivity contribution in [2.45, 2.75) is 25.3 Å². The Labute approximate surface area is 147 Å². The number of aromatic carboxylic acids is 1. The van der Waals surface area contributed by atoms with E-state index in [-0.39, 0.29) is 6.04 Å². The van der Waals surface area contributed by atoms with Crippen LogP contribution in [0.25, 0.3) is 0 Å². The number of methoxy groups -OCH3 is 1. The summed E-state index contributed by atoms with van der Waals surface area (Å²) in [5.74, 6) is 0.691. The Kier molecular flexibility index (Phi) is 3.75. The third kappa shape index (κ3) is 2.49. The van der Waals surface area contributed by atoms with Crippen molar-refractivity contribution in [3.05, 3.63) is 70.8 Å². The van der Waals surface area contributed by atoms with Crippen LogP contribution in [-0.2, 0) is 0 Å². The van der Waals surface area contributed by atoms with Gasteiger partial charge in [-0.05, 0) is 54.2 Å². The molecule has 1 heterocycles. The summed E-state index contributed by atoms with van der Waals surface area (Å²) in [6.07, 6.45) is 5.51. The Hall–Kier alpha value is -2.75. The maximum Gasteiger partial charge on any atom is 0.336 e. The van der Waals surface area contributed by atoms with Crippen LogP contribution in [0, 0.1) is 12.8 Å². The molecule has 2 aromatic rings. The highest BCUT2D eigenvalue weighted by Gasteiger charge is 2.39. The summed E-state index contributed by atoms with van der Waals surface area (Å²) in [6.45, 7) is 1.89. The van der Waals surface area contributed by atoms with E-state index in [0.717, 1.165) is 23.4 Å². The number of carboxylic acid groups (broad SMARTS) is 1. The van der Waals surface area contributed by atoms with Gasteiger partial charge in [0.15, 0.2) is 0 Å². The molecule has 0 saturated carbocycles. The smallest absolute Gasteiger partial charge is 0.336 e. The van der Waals surface area contributed by atoms with Crippen LogP contribution in [0.15, 0.2) is 48.6 Å². The number of carboxylic acids is 1. The van der Waals surface area contributed by atoms with Gasteiger partial charge in [0.05, 0.1) is 18.7 Å². The van der Waals surface area contributed by atoms with Crippen LogP contribution in [0.2, 0.25) is 0 Å². The summed E-state index contributed by atoms with van der Waals surface area (Å²) < 4.78 is 5.38. The molecule has 1 aliphatic heterocycles. The zero-order chi connectivity index (χ0) is 17.6. The number of benzene rings is 2. The highest BCUT2D eigenvalue weighted by Crippen LogP contribution is 2.51. The number of anilines is 1. The fraction of sp³-hybridized carbons (Fsp3) is 0.286. The van der Waals surface area contributed by atoms with Crippen molar-refractivity contribution < 1.29 is 14.6 Å². The number of allylic oxidation sites excluding steroid dienone is 2. The van der Waals surface area contributed by atoms with Crippen LogP contribution in [-0.4, -0.2) is 18.2 Å². The molecule has 0 bridgehead atoms. The number of carbonyl (C=O) groups is 1. The minimum Gasteiger partial charge on any atom is -0.497 e. The van der Waals surface area contributed by atoms with Crippen molar-refractivity contribution in [1.82, 2.24) is 0 Å². The van der Waals surface area contributed by atoms with E-state index in [2.05, 4.69) is 29.6 Å². The van der Waals surface area contributed by atoms with E-state index < -0.39 is 5.97 Å². The molecular formula is C21H21NO3. The molecule has 3 atom stereocenters. The van der Waals surface area contributed by atoms with Gasteiger partial charge in [-0.3, -0.25) is 0 Å². The molecule has 1 aliphatic carbocycles. The van der Waals surface area contributed by atoms with Gasteiger partial charge in [0.1, 0.15) is 5.75 Å². The molecule has 0 fully saturated rings. The van der Waals surface area contributed by atoms with Crippen molar-refractivity contribution in [2.75, 3.05) is 12.4 Å². The van der Waals surface area contributed by atoms with E-state index in [4.69, 9.17) is 4.74 Å². The van der Waals surface area contributed by atoms with E-state index >= 15 is 0 Å². The monoisotopic (exact) mass is 335 g/mol. The van der Waals surface area contributed by atoms with Gasteiger partial charge in [0.25, 0.3) is 0 Å². The SMILES string of the molecule is COc1cccc([C@@H]2Nc3c(ccc(C(=O)O)c3C)[C@H]3C=CC[C@H]32)c1. The van der Waals surface area contributed by atoms with Gasteiger partial charge in [0, 0.05) is 11.6 Å². The first kappa shape index (κ1) is 15.8. The first-order chi connectivity index (χ1) is 12.1. The van der Waals surface area contributed by atoms with Gasteiger partial charge in [0.2, 0.25) is 0 Å². The summed E-state index contributed by atoms with van der Waals surface area (Å²) in [5, 5.41) is 13.1. The Morgan fingerprint density at radius 1 is 1.28 bits per heavy atom. The number of hydrogen-bond donors (Lipinski definition) is 2. The lowest BCUT2D eigenvalue weighted by Gasteiger charge is -2.38. The van der Waals surface area contributed by atoms with E-state index in [9.17, 15) is 9.90 Å². The van der Waals surface area contributed by atoms with Crippen LogP contribution in [0.1, 0.15) is 45.4 Å². The maximum atomic E-state index is 11.5. The molecule has 0 spiro atoms. The van der Waals surface area contributed by atoms with E-state index in [1.165, 1.54) is 11.1 Å².